The second kappa shape index (κ2) is 3.89. The van der Waals surface area contributed by atoms with Crippen molar-refractivity contribution < 1.29 is 10.2 Å². The molecule has 0 heterocycles. The summed E-state index contributed by atoms with van der Waals surface area (Å²) in [4.78, 5) is 0. The summed E-state index contributed by atoms with van der Waals surface area (Å²) in [5.74, 6) is 0.347. The molecule has 2 heteroatoms. The summed E-state index contributed by atoms with van der Waals surface area (Å²) >= 11 is 0. The summed E-state index contributed by atoms with van der Waals surface area (Å²) in [5, 5.41) is 19.2. The maximum absolute atomic E-state index is 9.79. The maximum Gasteiger partial charge on any atom is 0.123 e. The molecule has 0 amide bonds. The molecule has 0 atom stereocenters. The minimum atomic E-state index is 0.161. The molecule has 2 aromatic rings. The average Bonchev–Trinajstić information content (AvgIpc) is 2.26. The molecule has 2 N–H and O–H groups in total. The number of phenolic OH excluding ortho intramolecular Hbond substituents is 2. The number of hydrogen-bond acceptors (Lipinski definition) is 2. The van der Waals surface area contributed by atoms with Crippen LogP contribution in [0.3, 0.4) is 0 Å². The van der Waals surface area contributed by atoms with Gasteiger partial charge in [-0.1, -0.05) is 18.2 Å². The third kappa shape index (κ3) is 1.74. The van der Waals surface area contributed by atoms with Crippen LogP contribution < -0.4 is 0 Å². The van der Waals surface area contributed by atoms with E-state index in [9.17, 15) is 10.2 Å². The van der Waals surface area contributed by atoms with Crippen LogP contribution in [0.4, 0.5) is 0 Å². The highest BCUT2D eigenvalue weighted by atomic mass is 16.3. The second-order valence-electron chi connectivity index (χ2n) is 3.95. The summed E-state index contributed by atoms with van der Waals surface area (Å²) in [5.41, 5.74) is 3.90. The summed E-state index contributed by atoms with van der Waals surface area (Å²) in [6.07, 6.45) is 0. The lowest BCUT2D eigenvalue weighted by Gasteiger charge is -2.10. The first kappa shape index (κ1) is 10.6. The predicted octanol–water partition coefficient (Wildman–Crippen LogP) is 3.38. The molecule has 0 fully saturated rings. The zero-order valence-corrected chi connectivity index (χ0v) is 9.36. The van der Waals surface area contributed by atoms with Gasteiger partial charge in [0.1, 0.15) is 11.5 Å². The molecule has 0 spiro atoms. The van der Waals surface area contributed by atoms with Gasteiger partial charge in [-0.15, -0.1) is 0 Å². The van der Waals surface area contributed by atoms with E-state index in [1.165, 1.54) is 17.7 Å². The third-order valence-electron chi connectivity index (χ3n) is 2.87. The Kier molecular flexibility index (Phi) is 2.57. The predicted molar refractivity (Wildman–Crippen MR) is 64.7 cm³/mol. The standard InChI is InChI=1S/C14H14O2/c1-9-4-3-5-12(10(9)2)13-8-11(15)6-7-14(13)16/h3-8,15-16H,1-2H3. The SMILES string of the molecule is Cc1cccc(-c2cc(O)ccc2O)c1C. The molecule has 2 rings (SSSR count). The van der Waals surface area contributed by atoms with E-state index in [0.717, 1.165) is 11.1 Å². The van der Waals surface area contributed by atoms with E-state index in [1.54, 1.807) is 6.07 Å². The summed E-state index contributed by atoms with van der Waals surface area (Å²) in [7, 11) is 0. The van der Waals surface area contributed by atoms with Crippen molar-refractivity contribution in [2.24, 2.45) is 0 Å². The molecular weight excluding hydrogens is 200 g/mol. The van der Waals surface area contributed by atoms with Crippen molar-refractivity contribution in [1.82, 2.24) is 0 Å². The third-order valence-corrected chi connectivity index (χ3v) is 2.87. The van der Waals surface area contributed by atoms with Gasteiger partial charge < -0.3 is 10.2 Å². The highest BCUT2D eigenvalue weighted by molar-refractivity contribution is 5.74. The molecule has 0 aliphatic heterocycles. The van der Waals surface area contributed by atoms with Gasteiger partial charge in [0, 0.05) is 5.56 Å². The minimum Gasteiger partial charge on any atom is -0.508 e. The quantitative estimate of drug-likeness (QED) is 0.714. The molecule has 82 valence electrons. The Morgan fingerprint density at radius 2 is 1.62 bits per heavy atom. The number of phenols is 2. The molecule has 0 aliphatic rings. The van der Waals surface area contributed by atoms with Crippen LogP contribution >= 0.6 is 0 Å². The van der Waals surface area contributed by atoms with Crippen molar-refractivity contribution in [2.75, 3.05) is 0 Å². The molecule has 0 radical (unpaired) electrons. The van der Waals surface area contributed by atoms with Crippen molar-refractivity contribution in [2.45, 2.75) is 13.8 Å². The van der Waals surface area contributed by atoms with Crippen LogP contribution in [0.1, 0.15) is 11.1 Å². The Morgan fingerprint density at radius 1 is 0.875 bits per heavy atom. The van der Waals surface area contributed by atoms with Gasteiger partial charge in [0.2, 0.25) is 0 Å². The van der Waals surface area contributed by atoms with Gasteiger partial charge in [0.25, 0.3) is 0 Å². The van der Waals surface area contributed by atoms with Crippen molar-refractivity contribution in [3.63, 3.8) is 0 Å². The number of benzene rings is 2. The van der Waals surface area contributed by atoms with E-state index in [1.807, 2.05) is 32.0 Å². The lowest BCUT2D eigenvalue weighted by molar-refractivity contribution is 0.462. The smallest absolute Gasteiger partial charge is 0.123 e. The fourth-order valence-electron chi connectivity index (χ4n) is 1.78. The Labute approximate surface area is 94.8 Å². The van der Waals surface area contributed by atoms with Crippen LogP contribution in [0.5, 0.6) is 11.5 Å². The van der Waals surface area contributed by atoms with Gasteiger partial charge in [0.15, 0.2) is 0 Å². The minimum absolute atomic E-state index is 0.161. The van der Waals surface area contributed by atoms with Gasteiger partial charge >= 0.3 is 0 Å². The summed E-state index contributed by atoms with van der Waals surface area (Å²) < 4.78 is 0. The van der Waals surface area contributed by atoms with Crippen molar-refractivity contribution in [3.8, 4) is 22.6 Å². The average molecular weight is 214 g/mol. The van der Waals surface area contributed by atoms with E-state index >= 15 is 0 Å². The Bertz CT molecular complexity index is 530. The van der Waals surface area contributed by atoms with Gasteiger partial charge in [-0.2, -0.15) is 0 Å². The summed E-state index contributed by atoms with van der Waals surface area (Å²) in [6.45, 7) is 4.03. The van der Waals surface area contributed by atoms with Gasteiger partial charge in [-0.3, -0.25) is 0 Å². The van der Waals surface area contributed by atoms with Crippen molar-refractivity contribution in [3.05, 3.63) is 47.5 Å². The van der Waals surface area contributed by atoms with E-state index < -0.39 is 0 Å². The van der Waals surface area contributed by atoms with Crippen LogP contribution in [0.25, 0.3) is 11.1 Å². The maximum atomic E-state index is 9.79. The van der Waals surface area contributed by atoms with Crippen molar-refractivity contribution >= 4 is 0 Å². The van der Waals surface area contributed by atoms with Crippen LogP contribution in [0.15, 0.2) is 36.4 Å². The largest absolute Gasteiger partial charge is 0.508 e. The van der Waals surface area contributed by atoms with Gasteiger partial charge in [-0.25, -0.2) is 0 Å². The monoisotopic (exact) mass is 214 g/mol. The van der Waals surface area contributed by atoms with Gasteiger partial charge in [-0.05, 0) is 48.7 Å². The topological polar surface area (TPSA) is 40.5 Å². The highest BCUT2D eigenvalue weighted by Gasteiger charge is 2.08. The fraction of sp³-hybridized carbons (Fsp3) is 0.143. The molecule has 2 nitrogen and oxygen atoms in total. The molecule has 0 saturated carbocycles. The highest BCUT2D eigenvalue weighted by Crippen LogP contribution is 2.34. The molecule has 0 aliphatic carbocycles. The molecule has 0 saturated heterocycles. The summed E-state index contributed by atoms with van der Waals surface area (Å²) in [6, 6.07) is 10.5. The Morgan fingerprint density at radius 3 is 2.38 bits per heavy atom. The van der Waals surface area contributed by atoms with E-state index in [2.05, 4.69) is 0 Å². The Hall–Kier alpha value is -1.96. The van der Waals surface area contributed by atoms with Crippen LogP contribution in [-0.4, -0.2) is 10.2 Å². The number of aryl methyl sites for hydroxylation is 1. The first-order valence-electron chi connectivity index (χ1n) is 5.18. The van der Waals surface area contributed by atoms with E-state index in [4.69, 9.17) is 0 Å². The van der Waals surface area contributed by atoms with Crippen LogP contribution in [0.2, 0.25) is 0 Å². The normalized spacial score (nSPS) is 10.4. The molecule has 0 aromatic heterocycles. The van der Waals surface area contributed by atoms with Gasteiger partial charge in [0.05, 0.1) is 0 Å². The second-order valence-corrected chi connectivity index (χ2v) is 3.95. The molecular formula is C14H14O2. The first-order chi connectivity index (χ1) is 7.59. The lowest BCUT2D eigenvalue weighted by atomic mass is 9.96. The molecule has 0 bridgehead atoms. The molecule has 2 aromatic carbocycles. The molecule has 0 unspecified atom stereocenters. The molecule has 16 heavy (non-hydrogen) atoms. The Balaban J connectivity index is 2.67. The van der Waals surface area contributed by atoms with E-state index in [-0.39, 0.29) is 11.5 Å². The van der Waals surface area contributed by atoms with E-state index in [0.29, 0.717) is 5.56 Å². The zero-order chi connectivity index (χ0) is 11.7. The van der Waals surface area contributed by atoms with Crippen LogP contribution in [-0.2, 0) is 0 Å². The van der Waals surface area contributed by atoms with Crippen molar-refractivity contribution in [1.29, 1.82) is 0 Å². The zero-order valence-electron chi connectivity index (χ0n) is 9.36. The number of aromatic hydroxyl groups is 2. The lowest BCUT2D eigenvalue weighted by Crippen LogP contribution is -1.87. The number of rotatable bonds is 1. The van der Waals surface area contributed by atoms with Crippen LogP contribution in [0, 0.1) is 13.8 Å². The fourth-order valence-corrected chi connectivity index (χ4v) is 1.78. The first-order valence-corrected chi connectivity index (χ1v) is 5.18. The number of hydrogen-bond donors (Lipinski definition) is 2.